The van der Waals surface area contributed by atoms with Gasteiger partial charge in [0.2, 0.25) is 5.91 Å². The first kappa shape index (κ1) is 12.2. The molecule has 0 saturated carbocycles. The number of rotatable bonds is 3. The molecule has 1 aliphatic rings. The molecule has 1 fully saturated rings. The van der Waals surface area contributed by atoms with Gasteiger partial charge in [0.1, 0.15) is 0 Å². The molecule has 1 atom stereocenters. The molecule has 0 aromatic heterocycles. The first-order chi connectivity index (χ1) is 6.40. The van der Waals surface area contributed by atoms with Crippen molar-refractivity contribution in [3.63, 3.8) is 0 Å². The van der Waals surface area contributed by atoms with Crippen LogP contribution in [0.25, 0.3) is 0 Å². The highest BCUT2D eigenvalue weighted by atomic mass is 33.1. The first-order valence-electron chi connectivity index (χ1n) is 4.99. The molecule has 0 aromatic carbocycles. The molecule has 0 aliphatic carbocycles. The summed E-state index contributed by atoms with van der Waals surface area (Å²) in [5.41, 5.74) is 0.261. The van der Waals surface area contributed by atoms with E-state index in [-0.39, 0.29) is 17.2 Å². The molecule has 1 heterocycles. The van der Waals surface area contributed by atoms with Crippen LogP contribution in [0, 0.1) is 11.3 Å². The van der Waals surface area contributed by atoms with Crippen LogP contribution < -0.4 is 0 Å². The molecular formula is C10H19NOS2. The van der Waals surface area contributed by atoms with E-state index in [1.54, 1.807) is 10.8 Å². The van der Waals surface area contributed by atoms with Gasteiger partial charge in [-0.25, -0.2) is 0 Å². The number of hydrogen-bond donors (Lipinski definition) is 1. The Morgan fingerprint density at radius 2 is 1.93 bits per heavy atom. The van der Waals surface area contributed by atoms with Crippen molar-refractivity contribution in [1.29, 1.82) is 0 Å². The van der Waals surface area contributed by atoms with Gasteiger partial charge in [-0.3, -0.25) is 4.79 Å². The van der Waals surface area contributed by atoms with Gasteiger partial charge in [-0.1, -0.05) is 38.5 Å². The minimum absolute atomic E-state index is 0.124. The van der Waals surface area contributed by atoms with Crippen molar-refractivity contribution in [2.45, 2.75) is 32.9 Å². The van der Waals surface area contributed by atoms with Gasteiger partial charge in [-0.05, 0) is 0 Å². The van der Waals surface area contributed by atoms with E-state index in [1.807, 2.05) is 18.7 Å². The molecule has 82 valence electrons. The second kappa shape index (κ2) is 4.35. The van der Waals surface area contributed by atoms with E-state index < -0.39 is 0 Å². The fourth-order valence-electron chi connectivity index (χ4n) is 1.73. The van der Waals surface area contributed by atoms with Crippen molar-refractivity contribution in [1.82, 2.24) is 4.90 Å². The zero-order valence-electron chi connectivity index (χ0n) is 9.28. The number of carbonyl (C=O) groups excluding carboxylic acids is 1. The molecule has 4 heteroatoms. The summed E-state index contributed by atoms with van der Waals surface area (Å²) < 4.78 is 0. The van der Waals surface area contributed by atoms with Crippen LogP contribution in [0.3, 0.4) is 0 Å². The predicted molar refractivity (Wildman–Crippen MR) is 65.6 cm³/mol. The molecule has 0 radical (unpaired) electrons. The summed E-state index contributed by atoms with van der Waals surface area (Å²) in [6, 6.07) is 0. The molecule has 0 aromatic rings. The maximum atomic E-state index is 11.6. The Morgan fingerprint density at radius 3 is 2.29 bits per heavy atom. The van der Waals surface area contributed by atoms with Gasteiger partial charge in [0.15, 0.2) is 0 Å². The topological polar surface area (TPSA) is 20.3 Å². The van der Waals surface area contributed by atoms with Gasteiger partial charge >= 0.3 is 0 Å². The number of hydrogen-bond acceptors (Lipinski definition) is 3. The van der Waals surface area contributed by atoms with Crippen LogP contribution >= 0.6 is 22.5 Å². The second-order valence-electron chi connectivity index (χ2n) is 4.75. The summed E-state index contributed by atoms with van der Waals surface area (Å²) in [5.74, 6) is 0.400. The Kier molecular flexibility index (Phi) is 3.81. The van der Waals surface area contributed by atoms with Crippen LogP contribution in [0.1, 0.15) is 27.7 Å². The van der Waals surface area contributed by atoms with Crippen molar-refractivity contribution in [2.24, 2.45) is 11.3 Å². The summed E-state index contributed by atoms with van der Waals surface area (Å²) in [6.45, 7) is 10.1. The summed E-state index contributed by atoms with van der Waals surface area (Å²) in [6.07, 6.45) is 0. The molecular weight excluding hydrogens is 214 g/mol. The average Bonchev–Trinajstić information content (AvgIpc) is 2.10. The van der Waals surface area contributed by atoms with Gasteiger partial charge in [0.25, 0.3) is 0 Å². The average molecular weight is 233 g/mol. The summed E-state index contributed by atoms with van der Waals surface area (Å²) >= 11 is 4.23. The number of carbonyl (C=O) groups is 1. The monoisotopic (exact) mass is 233 g/mol. The van der Waals surface area contributed by atoms with E-state index in [9.17, 15) is 4.79 Å². The molecule has 0 bridgehead atoms. The van der Waals surface area contributed by atoms with Gasteiger partial charge in [-0.2, -0.15) is 0 Å². The summed E-state index contributed by atoms with van der Waals surface area (Å²) in [5, 5.41) is 0.502. The molecule has 14 heavy (non-hydrogen) atoms. The maximum Gasteiger partial charge on any atom is 0.225 e. The third-order valence-corrected chi connectivity index (χ3v) is 4.88. The number of thiol groups is 1. The van der Waals surface area contributed by atoms with Gasteiger partial charge in [0, 0.05) is 29.7 Å². The lowest BCUT2D eigenvalue weighted by atomic mass is 9.78. The fraction of sp³-hybridized carbons (Fsp3) is 0.900. The van der Waals surface area contributed by atoms with E-state index in [4.69, 9.17) is 0 Å². The fourth-order valence-corrected chi connectivity index (χ4v) is 2.90. The smallest absolute Gasteiger partial charge is 0.225 e. The van der Waals surface area contributed by atoms with E-state index in [0.717, 1.165) is 13.1 Å². The highest BCUT2D eigenvalue weighted by Crippen LogP contribution is 2.40. The Hall–Kier alpha value is 0.170. The van der Waals surface area contributed by atoms with Crippen LogP contribution in [0.5, 0.6) is 0 Å². The quantitative estimate of drug-likeness (QED) is 0.597. The van der Waals surface area contributed by atoms with E-state index in [0.29, 0.717) is 5.25 Å². The largest absolute Gasteiger partial charge is 0.341 e. The molecule has 1 unspecified atom stereocenters. The normalized spacial score (nSPS) is 22.0. The second-order valence-corrected chi connectivity index (χ2v) is 6.30. The lowest BCUT2D eigenvalue weighted by Crippen LogP contribution is -2.61. The Balaban J connectivity index is 2.46. The minimum atomic E-state index is 0.124. The Morgan fingerprint density at radius 1 is 1.43 bits per heavy atom. The maximum absolute atomic E-state index is 11.6. The molecule has 1 saturated heterocycles. The van der Waals surface area contributed by atoms with Gasteiger partial charge in [-0.15, -0.1) is 11.7 Å². The third kappa shape index (κ3) is 2.22. The zero-order valence-corrected chi connectivity index (χ0v) is 11.0. The SMILES string of the molecule is CC(C)C(=O)N1CC(C)(C(C)SS)C1. The van der Waals surface area contributed by atoms with E-state index in [2.05, 4.69) is 25.5 Å². The van der Waals surface area contributed by atoms with Crippen LogP contribution in [-0.4, -0.2) is 29.1 Å². The predicted octanol–water partition coefficient (Wildman–Crippen LogP) is 2.46. The summed E-state index contributed by atoms with van der Waals surface area (Å²) in [4.78, 5) is 13.6. The van der Waals surface area contributed by atoms with Crippen LogP contribution in [-0.2, 0) is 4.79 Å². The Labute approximate surface area is 95.6 Å². The standard InChI is InChI=1S/C10H19NOS2/c1-7(2)9(12)11-5-10(4,6-11)8(3)14-13/h7-8,13H,5-6H2,1-4H3. The molecule has 1 amide bonds. The number of likely N-dealkylation sites (tertiary alicyclic amines) is 1. The lowest BCUT2D eigenvalue weighted by molar-refractivity contribution is -0.145. The third-order valence-electron chi connectivity index (χ3n) is 3.05. The molecule has 1 rings (SSSR count). The molecule has 2 nitrogen and oxygen atoms in total. The lowest BCUT2D eigenvalue weighted by Gasteiger charge is -2.51. The summed E-state index contributed by atoms with van der Waals surface area (Å²) in [7, 11) is 1.59. The highest BCUT2D eigenvalue weighted by molar-refractivity contribution is 8.68. The van der Waals surface area contributed by atoms with Crippen molar-refractivity contribution in [3.05, 3.63) is 0 Å². The van der Waals surface area contributed by atoms with Crippen molar-refractivity contribution >= 4 is 28.4 Å². The molecule has 1 aliphatic heterocycles. The minimum Gasteiger partial charge on any atom is -0.341 e. The number of amides is 1. The zero-order chi connectivity index (χ0) is 10.9. The van der Waals surface area contributed by atoms with Crippen LogP contribution in [0.15, 0.2) is 0 Å². The number of nitrogens with zero attached hydrogens (tertiary/aromatic N) is 1. The molecule has 0 spiro atoms. The molecule has 0 N–H and O–H groups in total. The van der Waals surface area contributed by atoms with Crippen LogP contribution in [0.4, 0.5) is 0 Å². The van der Waals surface area contributed by atoms with E-state index >= 15 is 0 Å². The Bertz CT molecular complexity index is 224. The van der Waals surface area contributed by atoms with E-state index in [1.165, 1.54) is 0 Å². The van der Waals surface area contributed by atoms with Gasteiger partial charge < -0.3 is 4.90 Å². The van der Waals surface area contributed by atoms with Crippen molar-refractivity contribution < 1.29 is 4.79 Å². The van der Waals surface area contributed by atoms with Crippen molar-refractivity contribution in [2.75, 3.05) is 13.1 Å². The first-order valence-corrected chi connectivity index (χ1v) is 6.93. The van der Waals surface area contributed by atoms with Crippen LogP contribution in [0.2, 0.25) is 0 Å². The van der Waals surface area contributed by atoms with Gasteiger partial charge in [0.05, 0.1) is 0 Å². The van der Waals surface area contributed by atoms with Crippen molar-refractivity contribution in [3.8, 4) is 0 Å². The highest BCUT2D eigenvalue weighted by Gasteiger charge is 2.45.